The number of imide groups is 1. The third kappa shape index (κ3) is 6.24. The standard InChI is InChI=1S/C20H21F3N4O4/c21-20(22,23)14-10-13(25-18(29)16-6-3-9-31-16)7-8-15(14)24-11-17(28)27-19(30)26-12-4-1-2-5-12/h3,6-10,12,24H,1-2,4-5,11H2,(H,25,29)(H2,26,27,28,30). The summed E-state index contributed by atoms with van der Waals surface area (Å²) in [4.78, 5) is 35.7. The van der Waals surface area contributed by atoms with E-state index in [0.717, 1.165) is 37.8 Å². The molecule has 11 heteroatoms. The van der Waals surface area contributed by atoms with Gasteiger partial charge in [-0.25, -0.2) is 4.79 Å². The largest absolute Gasteiger partial charge is 0.459 e. The first-order valence-corrected chi connectivity index (χ1v) is 9.62. The Hall–Kier alpha value is -3.50. The van der Waals surface area contributed by atoms with Crippen LogP contribution < -0.4 is 21.3 Å². The van der Waals surface area contributed by atoms with Crippen LogP contribution in [0.5, 0.6) is 0 Å². The van der Waals surface area contributed by atoms with Gasteiger partial charge in [-0.05, 0) is 43.2 Å². The zero-order chi connectivity index (χ0) is 22.4. The fraction of sp³-hybridized carbons (Fsp3) is 0.350. The summed E-state index contributed by atoms with van der Waals surface area (Å²) in [6.07, 6.45) is 0.179. The summed E-state index contributed by atoms with van der Waals surface area (Å²) in [6, 6.07) is 5.26. The molecule has 31 heavy (non-hydrogen) atoms. The number of hydrogen-bond acceptors (Lipinski definition) is 5. The van der Waals surface area contributed by atoms with Gasteiger partial charge in [-0.1, -0.05) is 12.8 Å². The van der Waals surface area contributed by atoms with Crippen LogP contribution in [0.4, 0.5) is 29.3 Å². The van der Waals surface area contributed by atoms with Crippen LogP contribution in [0.3, 0.4) is 0 Å². The predicted molar refractivity (Wildman–Crippen MR) is 106 cm³/mol. The molecule has 8 nitrogen and oxygen atoms in total. The Morgan fingerprint density at radius 3 is 2.48 bits per heavy atom. The van der Waals surface area contributed by atoms with E-state index in [1.54, 1.807) is 0 Å². The molecule has 1 heterocycles. The molecule has 1 aliphatic carbocycles. The molecule has 0 saturated heterocycles. The van der Waals surface area contributed by atoms with Crippen molar-refractivity contribution < 1.29 is 32.0 Å². The number of anilines is 2. The second-order valence-electron chi connectivity index (χ2n) is 7.05. The maximum Gasteiger partial charge on any atom is 0.418 e. The molecule has 1 aliphatic rings. The molecule has 3 rings (SSSR count). The van der Waals surface area contributed by atoms with E-state index in [1.807, 2.05) is 0 Å². The quantitative estimate of drug-likeness (QED) is 0.549. The van der Waals surface area contributed by atoms with E-state index in [-0.39, 0.29) is 23.2 Å². The molecule has 0 radical (unpaired) electrons. The third-order valence-corrected chi connectivity index (χ3v) is 4.71. The fourth-order valence-corrected chi connectivity index (χ4v) is 3.25. The zero-order valence-corrected chi connectivity index (χ0v) is 16.3. The molecular weight excluding hydrogens is 417 g/mol. The predicted octanol–water partition coefficient (Wildman–Crippen LogP) is 3.73. The maximum absolute atomic E-state index is 13.5. The van der Waals surface area contributed by atoms with Gasteiger partial charge in [0.05, 0.1) is 18.4 Å². The first-order valence-electron chi connectivity index (χ1n) is 9.62. The number of carbonyl (C=O) groups excluding carboxylic acids is 3. The van der Waals surface area contributed by atoms with Gasteiger partial charge in [0.1, 0.15) is 0 Å². The van der Waals surface area contributed by atoms with Gasteiger partial charge in [0.25, 0.3) is 5.91 Å². The van der Waals surface area contributed by atoms with Crippen molar-refractivity contribution in [3.05, 3.63) is 47.9 Å². The fourth-order valence-electron chi connectivity index (χ4n) is 3.25. The van der Waals surface area contributed by atoms with Crippen LogP contribution in [0.25, 0.3) is 0 Å². The van der Waals surface area contributed by atoms with E-state index in [2.05, 4.69) is 21.3 Å². The van der Waals surface area contributed by atoms with Gasteiger partial charge in [0, 0.05) is 17.4 Å². The normalized spacial score (nSPS) is 14.2. The highest BCUT2D eigenvalue weighted by atomic mass is 19.4. The first-order chi connectivity index (χ1) is 14.7. The SMILES string of the molecule is O=C(CNc1ccc(NC(=O)c2ccco2)cc1C(F)(F)F)NC(=O)NC1CCCC1. The number of alkyl halides is 3. The molecule has 166 valence electrons. The van der Waals surface area contributed by atoms with E-state index < -0.39 is 36.1 Å². The molecule has 0 bridgehead atoms. The third-order valence-electron chi connectivity index (χ3n) is 4.71. The summed E-state index contributed by atoms with van der Waals surface area (Å²) >= 11 is 0. The number of urea groups is 1. The molecule has 0 aliphatic heterocycles. The number of hydrogen-bond donors (Lipinski definition) is 4. The number of rotatable bonds is 6. The van der Waals surface area contributed by atoms with Crippen molar-refractivity contribution in [2.45, 2.75) is 37.9 Å². The van der Waals surface area contributed by atoms with Crippen molar-refractivity contribution in [1.82, 2.24) is 10.6 Å². The molecule has 4 amide bonds. The summed E-state index contributed by atoms with van der Waals surface area (Å²) in [5.74, 6) is -1.53. The van der Waals surface area contributed by atoms with E-state index in [1.165, 1.54) is 24.5 Å². The zero-order valence-electron chi connectivity index (χ0n) is 16.3. The van der Waals surface area contributed by atoms with Gasteiger partial charge in [0.15, 0.2) is 5.76 Å². The average molecular weight is 438 g/mol. The Bertz CT molecular complexity index is 938. The van der Waals surface area contributed by atoms with Crippen LogP contribution in [-0.2, 0) is 11.0 Å². The average Bonchev–Trinajstić information content (AvgIpc) is 3.40. The molecule has 1 fully saturated rings. The molecule has 0 spiro atoms. The van der Waals surface area contributed by atoms with E-state index in [9.17, 15) is 27.6 Å². The van der Waals surface area contributed by atoms with Crippen LogP contribution in [0, 0.1) is 0 Å². The summed E-state index contributed by atoms with van der Waals surface area (Å²) in [6.45, 7) is -0.542. The number of halogens is 3. The minimum Gasteiger partial charge on any atom is -0.459 e. The Kier molecular flexibility index (Phi) is 6.83. The van der Waals surface area contributed by atoms with Gasteiger partial charge in [0.2, 0.25) is 5.91 Å². The molecule has 0 atom stereocenters. The van der Waals surface area contributed by atoms with Gasteiger partial charge in [-0.15, -0.1) is 0 Å². The monoisotopic (exact) mass is 438 g/mol. The van der Waals surface area contributed by atoms with Crippen LogP contribution >= 0.6 is 0 Å². The molecule has 1 aromatic heterocycles. The van der Waals surface area contributed by atoms with Crippen molar-refractivity contribution >= 4 is 29.2 Å². The van der Waals surface area contributed by atoms with Gasteiger partial charge < -0.3 is 20.4 Å². The first kappa shape index (κ1) is 22.2. The number of nitrogens with one attached hydrogen (secondary N) is 4. The Labute approximate surface area is 175 Å². The van der Waals surface area contributed by atoms with Gasteiger partial charge in [-0.2, -0.15) is 13.2 Å². The molecule has 0 unspecified atom stereocenters. The highest BCUT2D eigenvalue weighted by Gasteiger charge is 2.34. The second-order valence-corrected chi connectivity index (χ2v) is 7.05. The number of benzene rings is 1. The van der Waals surface area contributed by atoms with Crippen molar-refractivity contribution in [1.29, 1.82) is 0 Å². The van der Waals surface area contributed by atoms with Crippen LogP contribution in [0.2, 0.25) is 0 Å². The van der Waals surface area contributed by atoms with Crippen molar-refractivity contribution in [3.8, 4) is 0 Å². The Balaban J connectivity index is 1.61. The summed E-state index contributed by atoms with van der Waals surface area (Å²) in [5.41, 5.74) is -1.54. The smallest absolute Gasteiger partial charge is 0.418 e. The molecular formula is C20H21F3N4O4. The summed E-state index contributed by atoms with van der Waals surface area (Å²) in [7, 11) is 0. The molecule has 1 aromatic carbocycles. The number of carbonyl (C=O) groups is 3. The lowest BCUT2D eigenvalue weighted by atomic mass is 10.1. The van der Waals surface area contributed by atoms with Crippen molar-refractivity contribution in [2.75, 3.05) is 17.2 Å². The van der Waals surface area contributed by atoms with E-state index in [4.69, 9.17) is 4.42 Å². The summed E-state index contributed by atoms with van der Waals surface area (Å²) in [5, 5.41) is 9.44. The van der Waals surface area contributed by atoms with Crippen LogP contribution in [-0.4, -0.2) is 30.4 Å². The molecule has 4 N–H and O–H groups in total. The molecule has 2 aromatic rings. The maximum atomic E-state index is 13.5. The Morgan fingerprint density at radius 1 is 1.10 bits per heavy atom. The lowest BCUT2D eigenvalue weighted by molar-refractivity contribution is -0.137. The minimum atomic E-state index is -4.75. The van der Waals surface area contributed by atoms with Gasteiger partial charge >= 0.3 is 12.2 Å². The highest BCUT2D eigenvalue weighted by molar-refractivity contribution is 6.02. The van der Waals surface area contributed by atoms with Gasteiger partial charge in [-0.3, -0.25) is 14.9 Å². The lowest BCUT2D eigenvalue weighted by Gasteiger charge is -2.16. The van der Waals surface area contributed by atoms with Crippen LogP contribution in [0.15, 0.2) is 41.0 Å². The minimum absolute atomic E-state index is 0.00141. The second kappa shape index (κ2) is 9.54. The van der Waals surface area contributed by atoms with Crippen molar-refractivity contribution in [3.63, 3.8) is 0 Å². The lowest BCUT2D eigenvalue weighted by Crippen LogP contribution is -2.45. The van der Waals surface area contributed by atoms with E-state index in [0.29, 0.717) is 0 Å². The van der Waals surface area contributed by atoms with Crippen molar-refractivity contribution in [2.24, 2.45) is 0 Å². The van der Waals surface area contributed by atoms with E-state index >= 15 is 0 Å². The number of furan rings is 1. The van der Waals surface area contributed by atoms with Crippen LogP contribution in [0.1, 0.15) is 41.8 Å². The number of amides is 4. The summed E-state index contributed by atoms with van der Waals surface area (Å²) < 4.78 is 45.3. The molecule has 1 saturated carbocycles. The Morgan fingerprint density at radius 2 is 1.84 bits per heavy atom. The topological polar surface area (TPSA) is 112 Å². The highest BCUT2D eigenvalue weighted by Crippen LogP contribution is 2.36.